The average Bonchev–Trinajstić information content (AvgIpc) is 3.01. The number of likely N-dealkylation sites (N-methyl/N-ethyl adjacent to an activating group) is 1. The summed E-state index contributed by atoms with van der Waals surface area (Å²) in [6, 6.07) is 5.09. The molecule has 2 heterocycles. The highest BCUT2D eigenvalue weighted by atomic mass is 16.2. The Morgan fingerprint density at radius 3 is 2.50 bits per heavy atom. The van der Waals surface area contributed by atoms with Crippen LogP contribution in [0.15, 0.2) is 24.5 Å². The molecule has 2 N–H and O–H groups in total. The first-order chi connectivity index (χ1) is 12.8. The number of amides is 1. The molecule has 0 unspecified atom stereocenters. The zero-order valence-electron chi connectivity index (χ0n) is 16.1. The van der Waals surface area contributed by atoms with Gasteiger partial charge in [-0.15, -0.1) is 0 Å². The minimum Gasteiger partial charge on any atom is -0.355 e. The van der Waals surface area contributed by atoms with Gasteiger partial charge < -0.3 is 10.6 Å². The van der Waals surface area contributed by atoms with Crippen LogP contribution in [0.2, 0.25) is 0 Å². The van der Waals surface area contributed by atoms with E-state index in [1.165, 1.54) is 50.5 Å². The lowest BCUT2D eigenvalue weighted by Crippen LogP contribution is -2.42. The van der Waals surface area contributed by atoms with E-state index in [-0.39, 0.29) is 11.9 Å². The molecule has 0 bridgehead atoms. The molecule has 0 radical (unpaired) electrons. The third-order valence-electron chi connectivity index (χ3n) is 5.77. The minimum absolute atomic E-state index is 0.0332. The van der Waals surface area contributed by atoms with Crippen molar-refractivity contribution in [2.24, 2.45) is 0 Å². The molecular formula is C21H34N4O. The molecule has 144 valence electrons. The van der Waals surface area contributed by atoms with E-state index in [1.54, 1.807) is 0 Å². The first-order valence-corrected chi connectivity index (χ1v) is 10.4. The van der Waals surface area contributed by atoms with E-state index in [0.717, 1.165) is 19.5 Å². The molecular weight excluding hydrogens is 324 g/mol. The van der Waals surface area contributed by atoms with Gasteiger partial charge >= 0.3 is 0 Å². The molecule has 2 aliphatic rings. The second-order valence-corrected chi connectivity index (χ2v) is 7.84. The summed E-state index contributed by atoms with van der Waals surface area (Å²) in [5.74, 6) is 0.170. The van der Waals surface area contributed by atoms with Crippen molar-refractivity contribution >= 4 is 5.91 Å². The van der Waals surface area contributed by atoms with Crippen LogP contribution in [-0.2, 0) is 11.3 Å². The normalized spacial score (nSPS) is 25.6. The number of nitrogens with zero attached hydrogens (tertiary/aromatic N) is 2. The van der Waals surface area contributed by atoms with Gasteiger partial charge in [-0.3, -0.25) is 14.7 Å². The molecule has 3 rings (SSSR count). The number of carbonyl (C=O) groups excluding carboxylic acids is 1. The predicted octanol–water partition coefficient (Wildman–Crippen LogP) is 2.86. The van der Waals surface area contributed by atoms with Crippen molar-refractivity contribution in [2.75, 3.05) is 13.1 Å². The van der Waals surface area contributed by atoms with Crippen LogP contribution < -0.4 is 10.6 Å². The van der Waals surface area contributed by atoms with Crippen LogP contribution in [0.1, 0.15) is 63.9 Å². The standard InChI is InChI=1S/C21H34N4O/c1-2-23-21(26)20-14-19(24-18-8-6-4-3-5-7-9-18)16-25(20)15-17-10-12-22-13-11-17/h10-13,18-20,24H,2-9,14-16H2,1H3,(H,23,26)/t19-,20+/m1/s1. The topological polar surface area (TPSA) is 57.3 Å². The quantitative estimate of drug-likeness (QED) is 0.821. The van der Waals surface area contributed by atoms with Crippen molar-refractivity contribution in [3.8, 4) is 0 Å². The zero-order valence-corrected chi connectivity index (χ0v) is 16.1. The summed E-state index contributed by atoms with van der Waals surface area (Å²) in [5.41, 5.74) is 1.22. The van der Waals surface area contributed by atoms with Gasteiger partial charge in [0.25, 0.3) is 0 Å². The molecule has 1 amide bonds. The van der Waals surface area contributed by atoms with Crippen molar-refractivity contribution in [3.63, 3.8) is 0 Å². The number of aromatic nitrogens is 1. The Morgan fingerprint density at radius 2 is 1.81 bits per heavy atom. The third-order valence-corrected chi connectivity index (χ3v) is 5.77. The van der Waals surface area contributed by atoms with Crippen LogP contribution in [0, 0.1) is 0 Å². The second kappa shape index (κ2) is 10.0. The molecule has 1 aliphatic carbocycles. The van der Waals surface area contributed by atoms with Gasteiger partial charge in [0.1, 0.15) is 0 Å². The molecule has 1 aromatic rings. The van der Waals surface area contributed by atoms with Crippen LogP contribution in [-0.4, -0.2) is 47.0 Å². The Balaban J connectivity index is 1.61. The van der Waals surface area contributed by atoms with Crippen molar-refractivity contribution in [1.29, 1.82) is 0 Å². The zero-order chi connectivity index (χ0) is 18.2. The van der Waals surface area contributed by atoms with Crippen molar-refractivity contribution in [3.05, 3.63) is 30.1 Å². The van der Waals surface area contributed by atoms with E-state index in [9.17, 15) is 4.79 Å². The number of hydrogen-bond donors (Lipinski definition) is 2. The maximum absolute atomic E-state index is 12.6. The van der Waals surface area contributed by atoms with Gasteiger partial charge in [-0.1, -0.05) is 32.1 Å². The fourth-order valence-electron chi connectivity index (χ4n) is 4.44. The number of likely N-dealkylation sites (tertiary alicyclic amines) is 1. The summed E-state index contributed by atoms with van der Waals surface area (Å²) in [6.45, 7) is 4.44. The number of rotatable bonds is 6. The molecule has 0 aromatic carbocycles. The van der Waals surface area contributed by atoms with E-state index in [1.807, 2.05) is 31.5 Å². The Bertz CT molecular complexity index is 542. The van der Waals surface area contributed by atoms with Gasteiger partial charge in [-0.25, -0.2) is 0 Å². The molecule has 2 atom stereocenters. The Kier molecular flexibility index (Phi) is 7.44. The lowest BCUT2D eigenvalue weighted by molar-refractivity contribution is -0.125. The van der Waals surface area contributed by atoms with Crippen LogP contribution in [0.5, 0.6) is 0 Å². The SMILES string of the molecule is CCNC(=O)[C@@H]1C[C@@H](NC2CCCCCCC2)CN1Cc1ccncc1. The van der Waals surface area contributed by atoms with Gasteiger partial charge in [0, 0.05) is 44.1 Å². The Morgan fingerprint density at radius 1 is 1.12 bits per heavy atom. The lowest BCUT2D eigenvalue weighted by Gasteiger charge is -2.25. The first-order valence-electron chi connectivity index (χ1n) is 10.4. The number of carbonyl (C=O) groups is 1. The largest absolute Gasteiger partial charge is 0.355 e. The number of pyridine rings is 1. The van der Waals surface area contributed by atoms with Crippen molar-refractivity contribution in [1.82, 2.24) is 20.5 Å². The first kappa shape index (κ1) is 19.3. The minimum atomic E-state index is -0.0332. The van der Waals surface area contributed by atoms with Crippen LogP contribution in [0.3, 0.4) is 0 Å². The highest BCUT2D eigenvalue weighted by molar-refractivity contribution is 5.82. The molecule has 5 heteroatoms. The molecule has 1 aromatic heterocycles. The van der Waals surface area contributed by atoms with E-state index < -0.39 is 0 Å². The third kappa shape index (κ3) is 5.52. The highest BCUT2D eigenvalue weighted by Crippen LogP contribution is 2.24. The molecule has 0 spiro atoms. The van der Waals surface area contributed by atoms with E-state index in [4.69, 9.17) is 0 Å². The molecule has 26 heavy (non-hydrogen) atoms. The summed E-state index contributed by atoms with van der Waals surface area (Å²) in [6.07, 6.45) is 14.0. The maximum atomic E-state index is 12.6. The Hall–Kier alpha value is -1.46. The van der Waals surface area contributed by atoms with Gasteiger partial charge in [0.05, 0.1) is 6.04 Å². The maximum Gasteiger partial charge on any atom is 0.237 e. The van der Waals surface area contributed by atoms with Gasteiger partial charge in [-0.2, -0.15) is 0 Å². The van der Waals surface area contributed by atoms with Gasteiger partial charge in [-0.05, 0) is 43.9 Å². The van der Waals surface area contributed by atoms with Crippen molar-refractivity contribution < 1.29 is 4.79 Å². The van der Waals surface area contributed by atoms with Crippen LogP contribution >= 0.6 is 0 Å². The van der Waals surface area contributed by atoms with Gasteiger partial charge in [0.2, 0.25) is 5.91 Å². The second-order valence-electron chi connectivity index (χ2n) is 7.84. The Labute approximate surface area is 157 Å². The summed E-state index contributed by atoms with van der Waals surface area (Å²) in [7, 11) is 0. The predicted molar refractivity (Wildman–Crippen MR) is 105 cm³/mol. The number of hydrogen-bond acceptors (Lipinski definition) is 4. The highest BCUT2D eigenvalue weighted by Gasteiger charge is 2.37. The molecule has 1 aliphatic heterocycles. The van der Waals surface area contributed by atoms with E-state index in [2.05, 4.69) is 20.5 Å². The average molecular weight is 359 g/mol. The lowest BCUT2D eigenvalue weighted by atomic mass is 9.96. The summed E-state index contributed by atoms with van der Waals surface area (Å²) in [4.78, 5) is 19.0. The van der Waals surface area contributed by atoms with E-state index in [0.29, 0.717) is 18.6 Å². The number of nitrogens with one attached hydrogen (secondary N) is 2. The van der Waals surface area contributed by atoms with Crippen molar-refractivity contribution in [2.45, 2.75) is 83.0 Å². The van der Waals surface area contributed by atoms with Gasteiger partial charge in [0.15, 0.2) is 0 Å². The fourth-order valence-corrected chi connectivity index (χ4v) is 4.44. The van der Waals surface area contributed by atoms with E-state index >= 15 is 0 Å². The van der Waals surface area contributed by atoms with Crippen LogP contribution in [0.25, 0.3) is 0 Å². The molecule has 1 saturated carbocycles. The smallest absolute Gasteiger partial charge is 0.237 e. The molecule has 1 saturated heterocycles. The van der Waals surface area contributed by atoms with Crippen LogP contribution in [0.4, 0.5) is 0 Å². The summed E-state index contributed by atoms with van der Waals surface area (Å²) in [5, 5.41) is 6.92. The fraction of sp³-hybridized carbons (Fsp3) is 0.714. The monoisotopic (exact) mass is 358 g/mol. The summed E-state index contributed by atoms with van der Waals surface area (Å²) < 4.78 is 0. The molecule has 5 nitrogen and oxygen atoms in total. The summed E-state index contributed by atoms with van der Waals surface area (Å²) >= 11 is 0. The molecule has 2 fully saturated rings.